The van der Waals surface area contributed by atoms with E-state index in [0.717, 1.165) is 11.3 Å². The Morgan fingerprint density at radius 1 is 1.04 bits per heavy atom. The molecule has 4 heteroatoms. The van der Waals surface area contributed by atoms with Gasteiger partial charge in [-0.05, 0) is 66.9 Å². The van der Waals surface area contributed by atoms with Crippen molar-refractivity contribution in [2.24, 2.45) is 5.92 Å². The molecule has 2 N–H and O–H groups in total. The number of benzene rings is 2. The second-order valence-corrected chi connectivity index (χ2v) is 6.53. The fourth-order valence-corrected chi connectivity index (χ4v) is 2.73. The number of thiocarbonyl (C=S) groups is 1. The summed E-state index contributed by atoms with van der Waals surface area (Å²) >= 11 is 5.46. The molecule has 0 heterocycles. The van der Waals surface area contributed by atoms with E-state index in [2.05, 4.69) is 44.4 Å². The summed E-state index contributed by atoms with van der Waals surface area (Å²) in [5.74, 6) is 0.0890. The molecule has 2 nitrogen and oxygen atoms in total. The SMILES string of the molecule is Cc1cccc(NC(=S)N[C@H](c2ccc(F)cc2)C(C)C)c1C. The maximum absolute atomic E-state index is 13.1. The summed E-state index contributed by atoms with van der Waals surface area (Å²) in [6.45, 7) is 8.37. The van der Waals surface area contributed by atoms with E-state index in [9.17, 15) is 4.39 Å². The molecule has 0 aliphatic carbocycles. The maximum atomic E-state index is 13.1. The molecule has 0 amide bonds. The highest BCUT2D eigenvalue weighted by molar-refractivity contribution is 7.80. The maximum Gasteiger partial charge on any atom is 0.171 e. The summed E-state index contributed by atoms with van der Waals surface area (Å²) in [6.07, 6.45) is 0. The van der Waals surface area contributed by atoms with Crippen LogP contribution < -0.4 is 10.6 Å². The third kappa shape index (κ3) is 4.52. The molecule has 0 aliphatic rings. The van der Waals surface area contributed by atoms with Crippen LogP contribution in [0.3, 0.4) is 0 Å². The Labute approximate surface area is 143 Å². The summed E-state index contributed by atoms with van der Waals surface area (Å²) < 4.78 is 13.1. The van der Waals surface area contributed by atoms with E-state index in [4.69, 9.17) is 12.2 Å². The number of halogens is 1. The normalized spacial score (nSPS) is 12.1. The molecule has 0 aromatic heterocycles. The first kappa shape index (κ1) is 17.4. The minimum atomic E-state index is -0.229. The van der Waals surface area contributed by atoms with Crippen LogP contribution in [-0.2, 0) is 0 Å². The van der Waals surface area contributed by atoms with E-state index in [1.807, 2.05) is 12.1 Å². The van der Waals surface area contributed by atoms with Crippen LogP contribution in [0.25, 0.3) is 0 Å². The highest BCUT2D eigenvalue weighted by Crippen LogP contribution is 2.23. The van der Waals surface area contributed by atoms with Crippen LogP contribution in [0.4, 0.5) is 10.1 Å². The first-order valence-electron chi connectivity index (χ1n) is 7.77. The lowest BCUT2D eigenvalue weighted by Crippen LogP contribution is -2.35. The number of aryl methyl sites for hydroxylation is 1. The van der Waals surface area contributed by atoms with Crippen LogP contribution in [0.1, 0.15) is 36.6 Å². The lowest BCUT2D eigenvalue weighted by atomic mass is 9.96. The Balaban J connectivity index is 2.12. The van der Waals surface area contributed by atoms with Crippen molar-refractivity contribution in [3.8, 4) is 0 Å². The fourth-order valence-electron chi connectivity index (χ4n) is 2.49. The van der Waals surface area contributed by atoms with Crippen molar-refractivity contribution in [1.29, 1.82) is 0 Å². The van der Waals surface area contributed by atoms with Crippen molar-refractivity contribution in [3.05, 3.63) is 65.0 Å². The third-order valence-corrected chi connectivity index (χ3v) is 4.26. The lowest BCUT2D eigenvalue weighted by Gasteiger charge is -2.25. The van der Waals surface area contributed by atoms with Gasteiger partial charge in [0.25, 0.3) is 0 Å². The van der Waals surface area contributed by atoms with Crippen LogP contribution in [0.2, 0.25) is 0 Å². The van der Waals surface area contributed by atoms with Gasteiger partial charge >= 0.3 is 0 Å². The fraction of sp³-hybridized carbons (Fsp3) is 0.316. The number of hydrogen-bond donors (Lipinski definition) is 2. The average Bonchev–Trinajstić information content (AvgIpc) is 2.50. The Hall–Kier alpha value is -1.94. The van der Waals surface area contributed by atoms with Gasteiger partial charge in [-0.1, -0.05) is 38.1 Å². The zero-order chi connectivity index (χ0) is 17.0. The third-order valence-electron chi connectivity index (χ3n) is 4.04. The predicted molar refractivity (Wildman–Crippen MR) is 99.3 cm³/mol. The summed E-state index contributed by atoms with van der Waals surface area (Å²) in [5, 5.41) is 7.18. The summed E-state index contributed by atoms with van der Waals surface area (Å²) in [6, 6.07) is 12.7. The van der Waals surface area contributed by atoms with E-state index in [0.29, 0.717) is 11.0 Å². The van der Waals surface area contributed by atoms with Crippen molar-refractivity contribution in [2.45, 2.75) is 33.7 Å². The van der Waals surface area contributed by atoms with E-state index in [-0.39, 0.29) is 11.9 Å². The highest BCUT2D eigenvalue weighted by atomic mass is 32.1. The van der Waals surface area contributed by atoms with E-state index in [1.165, 1.54) is 23.3 Å². The first-order valence-corrected chi connectivity index (χ1v) is 8.18. The topological polar surface area (TPSA) is 24.1 Å². The summed E-state index contributed by atoms with van der Waals surface area (Å²) in [7, 11) is 0. The molecule has 122 valence electrons. The molecule has 2 aromatic carbocycles. The molecule has 0 saturated heterocycles. The van der Waals surface area contributed by atoms with E-state index >= 15 is 0 Å². The predicted octanol–water partition coefficient (Wildman–Crippen LogP) is 5.13. The molecule has 0 aliphatic heterocycles. The molecule has 0 spiro atoms. The van der Waals surface area contributed by atoms with E-state index < -0.39 is 0 Å². The first-order chi connectivity index (χ1) is 10.9. The van der Waals surface area contributed by atoms with Gasteiger partial charge in [-0.15, -0.1) is 0 Å². The molecule has 0 fully saturated rings. The molecule has 2 rings (SSSR count). The van der Waals surface area contributed by atoms with Gasteiger partial charge in [0, 0.05) is 5.69 Å². The second kappa shape index (κ2) is 7.55. The van der Waals surface area contributed by atoms with Gasteiger partial charge in [0.1, 0.15) is 5.82 Å². The standard InChI is InChI=1S/C19H23FN2S/c1-12(2)18(15-8-10-16(20)11-9-15)22-19(23)21-17-7-5-6-13(3)14(17)4/h5-12,18H,1-4H3,(H2,21,22,23)/t18-/m0/s1. The Morgan fingerprint density at radius 2 is 1.70 bits per heavy atom. The van der Waals surface area contributed by atoms with Crippen LogP contribution in [-0.4, -0.2) is 5.11 Å². The van der Waals surface area contributed by atoms with Crippen LogP contribution >= 0.6 is 12.2 Å². The van der Waals surface area contributed by atoms with Gasteiger partial charge in [0.05, 0.1) is 6.04 Å². The minimum Gasteiger partial charge on any atom is -0.355 e. The summed E-state index contributed by atoms with van der Waals surface area (Å²) in [4.78, 5) is 0. The van der Waals surface area contributed by atoms with Crippen molar-refractivity contribution in [1.82, 2.24) is 5.32 Å². The lowest BCUT2D eigenvalue weighted by molar-refractivity contribution is 0.472. The number of hydrogen-bond acceptors (Lipinski definition) is 1. The Kier molecular flexibility index (Phi) is 5.72. The number of rotatable bonds is 4. The van der Waals surface area contributed by atoms with Gasteiger partial charge in [0.15, 0.2) is 5.11 Å². The smallest absolute Gasteiger partial charge is 0.171 e. The zero-order valence-corrected chi connectivity index (χ0v) is 14.8. The quantitative estimate of drug-likeness (QED) is 0.760. The zero-order valence-electron chi connectivity index (χ0n) is 14.0. The van der Waals surface area contributed by atoms with Gasteiger partial charge in [-0.25, -0.2) is 4.39 Å². The van der Waals surface area contributed by atoms with Crippen LogP contribution in [0.15, 0.2) is 42.5 Å². The number of anilines is 1. The average molecular weight is 330 g/mol. The number of nitrogens with one attached hydrogen (secondary N) is 2. The molecule has 0 saturated carbocycles. The molecule has 0 bridgehead atoms. The molecule has 0 unspecified atom stereocenters. The van der Waals surface area contributed by atoms with Crippen molar-refractivity contribution >= 4 is 23.0 Å². The monoisotopic (exact) mass is 330 g/mol. The summed E-state index contributed by atoms with van der Waals surface area (Å²) in [5.41, 5.74) is 4.42. The molecular weight excluding hydrogens is 307 g/mol. The van der Waals surface area contributed by atoms with Crippen molar-refractivity contribution in [2.75, 3.05) is 5.32 Å². The van der Waals surface area contributed by atoms with E-state index in [1.54, 1.807) is 12.1 Å². The van der Waals surface area contributed by atoms with Gasteiger partial charge in [-0.3, -0.25) is 0 Å². The van der Waals surface area contributed by atoms with Gasteiger partial charge in [-0.2, -0.15) is 0 Å². The van der Waals surface area contributed by atoms with Crippen LogP contribution in [0.5, 0.6) is 0 Å². The molecule has 1 atom stereocenters. The Morgan fingerprint density at radius 3 is 2.30 bits per heavy atom. The van der Waals surface area contributed by atoms with Gasteiger partial charge < -0.3 is 10.6 Å². The molecule has 0 radical (unpaired) electrons. The van der Waals surface area contributed by atoms with Crippen molar-refractivity contribution in [3.63, 3.8) is 0 Å². The van der Waals surface area contributed by atoms with Crippen LogP contribution in [0, 0.1) is 25.6 Å². The second-order valence-electron chi connectivity index (χ2n) is 6.12. The molecule has 23 heavy (non-hydrogen) atoms. The van der Waals surface area contributed by atoms with Crippen molar-refractivity contribution < 1.29 is 4.39 Å². The molecular formula is C19H23FN2S. The highest BCUT2D eigenvalue weighted by Gasteiger charge is 2.17. The van der Waals surface area contributed by atoms with Gasteiger partial charge in [0.2, 0.25) is 0 Å². The largest absolute Gasteiger partial charge is 0.355 e. The Bertz CT molecular complexity index is 680. The molecule has 2 aromatic rings. The minimum absolute atomic E-state index is 0.0284.